The molecule has 0 bridgehead atoms. The van der Waals surface area contributed by atoms with Crippen molar-refractivity contribution in [3.8, 4) is 39.6 Å². The van der Waals surface area contributed by atoms with E-state index in [1.807, 2.05) is 48.7 Å². The third-order valence-corrected chi connectivity index (χ3v) is 6.60. The largest absolute Gasteiger partial charge is 0.339 e. The van der Waals surface area contributed by atoms with Crippen molar-refractivity contribution in [3.05, 3.63) is 66.0 Å². The summed E-state index contributed by atoms with van der Waals surface area (Å²) < 4.78 is 1.74. The van der Waals surface area contributed by atoms with Gasteiger partial charge in [0.25, 0.3) is 5.91 Å². The van der Waals surface area contributed by atoms with Crippen LogP contribution in [0, 0.1) is 11.3 Å². The molecule has 1 saturated heterocycles. The van der Waals surface area contributed by atoms with Gasteiger partial charge in [-0.05, 0) is 35.9 Å². The first-order valence-electron chi connectivity index (χ1n) is 11.1. The van der Waals surface area contributed by atoms with Crippen LogP contribution in [0.2, 0.25) is 0 Å². The van der Waals surface area contributed by atoms with Crippen LogP contribution in [0.25, 0.3) is 39.2 Å². The van der Waals surface area contributed by atoms with Crippen molar-refractivity contribution in [3.63, 3.8) is 0 Å². The Labute approximate surface area is 195 Å². The lowest BCUT2D eigenvalue weighted by atomic mass is 10.1. The zero-order valence-corrected chi connectivity index (χ0v) is 18.5. The van der Waals surface area contributed by atoms with Crippen LogP contribution >= 0.6 is 0 Å². The normalized spacial score (nSPS) is 14.2. The Hall–Kier alpha value is -4.51. The van der Waals surface area contributed by atoms with Crippen LogP contribution in [0.3, 0.4) is 0 Å². The van der Waals surface area contributed by atoms with Crippen LogP contribution in [0.5, 0.6) is 0 Å². The monoisotopic (exact) mass is 448 g/mol. The molecule has 2 aliphatic carbocycles. The van der Waals surface area contributed by atoms with Gasteiger partial charge in [0, 0.05) is 67.1 Å². The van der Waals surface area contributed by atoms with Crippen LogP contribution in [0.4, 0.5) is 0 Å². The predicted molar refractivity (Wildman–Crippen MR) is 126 cm³/mol. The fourth-order valence-electron chi connectivity index (χ4n) is 4.57. The molecule has 8 nitrogen and oxygen atoms in total. The van der Waals surface area contributed by atoms with Gasteiger partial charge >= 0.3 is 0 Å². The molecule has 1 aromatic carbocycles. The number of rotatable bonds is 3. The minimum atomic E-state index is -0.0259. The number of aromatic nitrogens is 3. The van der Waals surface area contributed by atoms with Crippen LogP contribution in [-0.2, 0) is 4.79 Å². The van der Waals surface area contributed by atoms with Crippen molar-refractivity contribution in [2.45, 2.75) is 6.92 Å². The highest BCUT2D eigenvalue weighted by atomic mass is 16.2. The molecule has 0 radical (unpaired) electrons. The number of carbonyl (C=O) groups is 2. The minimum absolute atomic E-state index is 0.0259. The molecule has 2 amide bonds. The van der Waals surface area contributed by atoms with Gasteiger partial charge in [0.15, 0.2) is 5.65 Å². The highest BCUT2D eigenvalue weighted by Crippen LogP contribution is 2.46. The average Bonchev–Trinajstić information content (AvgIpc) is 3.18. The SMILES string of the molecule is CC(=O)N1CCN(C(=O)c2ccc(-c3ccn4ncc(-c5cc6c(C#N)c-6c5)c4n3)cc2)CC1. The summed E-state index contributed by atoms with van der Waals surface area (Å²) in [4.78, 5) is 32.8. The third kappa shape index (κ3) is 3.21. The molecule has 0 atom stereocenters. The van der Waals surface area contributed by atoms with Crippen molar-refractivity contribution in [1.29, 1.82) is 5.26 Å². The van der Waals surface area contributed by atoms with E-state index in [0.717, 1.165) is 44.7 Å². The maximum Gasteiger partial charge on any atom is 0.253 e. The maximum atomic E-state index is 12.9. The molecular formula is C26H20N6O2. The lowest BCUT2D eigenvalue weighted by molar-refractivity contribution is -0.130. The zero-order valence-electron chi connectivity index (χ0n) is 18.5. The Morgan fingerprint density at radius 2 is 1.59 bits per heavy atom. The molecule has 0 N–H and O–H groups in total. The number of hydrogen-bond acceptors (Lipinski definition) is 5. The Kier molecular flexibility index (Phi) is 4.45. The van der Waals surface area contributed by atoms with Gasteiger partial charge in [0.1, 0.15) is 6.07 Å². The molecule has 1 aliphatic heterocycles. The van der Waals surface area contributed by atoms with E-state index in [0.29, 0.717) is 31.7 Å². The zero-order chi connectivity index (χ0) is 23.4. The smallest absolute Gasteiger partial charge is 0.253 e. The second-order valence-electron chi connectivity index (χ2n) is 8.57. The predicted octanol–water partition coefficient (Wildman–Crippen LogP) is 3.22. The first-order chi connectivity index (χ1) is 16.5. The molecule has 8 heteroatoms. The first kappa shape index (κ1) is 20.1. The summed E-state index contributed by atoms with van der Waals surface area (Å²) >= 11 is 0. The van der Waals surface area contributed by atoms with E-state index in [9.17, 15) is 9.59 Å². The van der Waals surface area contributed by atoms with Crippen molar-refractivity contribution >= 4 is 17.5 Å². The average molecular weight is 448 g/mol. The molecule has 0 unspecified atom stereocenters. The summed E-state index contributed by atoms with van der Waals surface area (Å²) in [5.74, 6) is 0.0194. The Balaban J connectivity index is 1.23. The van der Waals surface area contributed by atoms with Gasteiger partial charge in [-0.1, -0.05) is 12.1 Å². The molecule has 34 heavy (non-hydrogen) atoms. The number of nitriles is 1. The van der Waals surface area contributed by atoms with Gasteiger partial charge in [-0.3, -0.25) is 9.59 Å². The quantitative estimate of drug-likeness (QED) is 0.422. The second-order valence-corrected chi connectivity index (χ2v) is 8.57. The van der Waals surface area contributed by atoms with Crippen molar-refractivity contribution in [2.24, 2.45) is 0 Å². The molecule has 166 valence electrons. The number of nitrogens with zero attached hydrogens (tertiary/aromatic N) is 6. The summed E-state index contributed by atoms with van der Waals surface area (Å²) in [6.07, 6.45) is 3.66. The van der Waals surface area contributed by atoms with Gasteiger partial charge in [0.2, 0.25) is 5.91 Å². The number of hydrogen-bond donors (Lipinski definition) is 0. The summed E-state index contributed by atoms with van der Waals surface area (Å²) in [6.45, 7) is 3.78. The fourth-order valence-corrected chi connectivity index (χ4v) is 4.57. The van der Waals surface area contributed by atoms with Gasteiger partial charge in [-0.2, -0.15) is 10.4 Å². The van der Waals surface area contributed by atoms with Gasteiger partial charge in [0.05, 0.1) is 17.5 Å². The van der Waals surface area contributed by atoms with Crippen molar-refractivity contribution < 1.29 is 9.59 Å². The Morgan fingerprint density at radius 1 is 0.912 bits per heavy atom. The van der Waals surface area contributed by atoms with E-state index in [4.69, 9.17) is 10.2 Å². The van der Waals surface area contributed by atoms with E-state index >= 15 is 0 Å². The Bertz CT molecular complexity index is 1500. The van der Waals surface area contributed by atoms with E-state index in [2.05, 4.69) is 11.2 Å². The van der Waals surface area contributed by atoms with Gasteiger partial charge < -0.3 is 9.80 Å². The number of fused-ring (bicyclic) bond motifs is 2. The summed E-state index contributed by atoms with van der Waals surface area (Å²) in [7, 11) is 0. The molecule has 0 spiro atoms. The van der Waals surface area contributed by atoms with Crippen LogP contribution in [-0.4, -0.2) is 62.4 Å². The lowest BCUT2D eigenvalue weighted by Gasteiger charge is -2.34. The lowest BCUT2D eigenvalue weighted by Crippen LogP contribution is -2.50. The molecule has 2 aromatic heterocycles. The fraction of sp³-hybridized carbons (Fsp3) is 0.192. The molecule has 0 saturated carbocycles. The number of amides is 2. The molecule has 6 rings (SSSR count). The molecular weight excluding hydrogens is 428 g/mol. The van der Waals surface area contributed by atoms with Crippen LogP contribution < -0.4 is 0 Å². The summed E-state index contributed by atoms with van der Waals surface area (Å²) in [5.41, 5.74) is 7.77. The molecule has 3 heterocycles. The summed E-state index contributed by atoms with van der Waals surface area (Å²) in [6, 6.07) is 15.6. The highest BCUT2D eigenvalue weighted by Gasteiger charge is 2.27. The van der Waals surface area contributed by atoms with Gasteiger partial charge in [-0.15, -0.1) is 0 Å². The van der Waals surface area contributed by atoms with E-state index in [1.165, 1.54) is 0 Å². The molecule has 1 fully saturated rings. The van der Waals surface area contributed by atoms with Crippen molar-refractivity contribution in [1.82, 2.24) is 24.4 Å². The number of piperazine rings is 1. The van der Waals surface area contributed by atoms with E-state index in [1.54, 1.807) is 27.4 Å². The maximum absolute atomic E-state index is 12.9. The number of carbonyl (C=O) groups excluding carboxylic acids is 2. The minimum Gasteiger partial charge on any atom is -0.339 e. The van der Waals surface area contributed by atoms with E-state index < -0.39 is 0 Å². The van der Waals surface area contributed by atoms with E-state index in [-0.39, 0.29) is 11.8 Å². The first-order valence-corrected chi connectivity index (χ1v) is 11.1. The number of benzene rings is 2. The van der Waals surface area contributed by atoms with Gasteiger partial charge in [-0.25, -0.2) is 9.50 Å². The van der Waals surface area contributed by atoms with Crippen LogP contribution in [0.1, 0.15) is 22.8 Å². The molecule has 3 aliphatic rings. The second kappa shape index (κ2) is 7.52. The summed E-state index contributed by atoms with van der Waals surface area (Å²) in [5, 5.41) is 13.5. The van der Waals surface area contributed by atoms with Crippen molar-refractivity contribution in [2.75, 3.05) is 26.2 Å². The third-order valence-electron chi connectivity index (χ3n) is 6.60. The topological polar surface area (TPSA) is 94.6 Å². The standard InChI is InChI=1S/C26H20N6O2/c1-16(33)30-8-10-31(11-9-30)26(34)18-4-2-17(3-5-18)24-6-7-32-25(29-24)23(15-28-32)19-12-20-21(13-19)22(20)14-27/h2-7,12-13,15H,8-11H2,1H3. The van der Waals surface area contributed by atoms with Crippen LogP contribution in [0.15, 0.2) is 54.9 Å². The highest BCUT2D eigenvalue weighted by molar-refractivity contribution is 6.00. The Morgan fingerprint density at radius 3 is 2.24 bits per heavy atom. The molecule has 3 aromatic rings.